The summed E-state index contributed by atoms with van der Waals surface area (Å²) in [6, 6.07) is 0. The van der Waals surface area contributed by atoms with Gasteiger partial charge in [0.2, 0.25) is 0 Å². The summed E-state index contributed by atoms with van der Waals surface area (Å²) in [5.74, 6) is -2.89. The van der Waals surface area contributed by atoms with E-state index in [4.69, 9.17) is 5.73 Å². The standard InChI is InChI=1S/C11H17F2N/c1-5-8(3)10(14)7-9(6-2)11(4,12)13/h6-7H,2,5,14H2,1,3-4H3/b9-7+,10-8-. The predicted octanol–water partition coefficient (Wildman–Crippen LogP) is 3.40. The number of hydrogen-bond donors (Lipinski definition) is 1. The first-order chi connectivity index (χ1) is 6.32. The first-order valence-corrected chi connectivity index (χ1v) is 4.50. The molecule has 0 atom stereocenters. The van der Waals surface area contributed by atoms with Crippen LogP contribution in [0.1, 0.15) is 27.2 Å². The zero-order valence-electron chi connectivity index (χ0n) is 8.90. The van der Waals surface area contributed by atoms with Crippen molar-refractivity contribution in [2.24, 2.45) is 5.73 Å². The maximum absolute atomic E-state index is 12.9. The summed E-state index contributed by atoms with van der Waals surface area (Å²) in [6.07, 6.45) is 3.17. The van der Waals surface area contributed by atoms with Crippen molar-refractivity contribution >= 4 is 0 Å². The average molecular weight is 201 g/mol. The van der Waals surface area contributed by atoms with Gasteiger partial charge in [0.05, 0.1) is 0 Å². The van der Waals surface area contributed by atoms with E-state index in [1.54, 1.807) is 0 Å². The van der Waals surface area contributed by atoms with Crippen LogP contribution < -0.4 is 5.73 Å². The highest BCUT2D eigenvalue weighted by Crippen LogP contribution is 2.24. The van der Waals surface area contributed by atoms with E-state index in [0.29, 0.717) is 5.70 Å². The number of nitrogens with two attached hydrogens (primary N) is 1. The van der Waals surface area contributed by atoms with Crippen molar-refractivity contribution in [3.8, 4) is 0 Å². The Kier molecular flexibility index (Phi) is 4.54. The highest BCUT2D eigenvalue weighted by Gasteiger charge is 2.24. The molecule has 0 fully saturated rings. The molecule has 0 aromatic rings. The summed E-state index contributed by atoms with van der Waals surface area (Å²) in [4.78, 5) is 0. The second kappa shape index (κ2) is 4.94. The third-order valence-electron chi connectivity index (χ3n) is 2.06. The van der Waals surface area contributed by atoms with E-state index in [9.17, 15) is 8.78 Å². The highest BCUT2D eigenvalue weighted by atomic mass is 19.3. The zero-order chi connectivity index (χ0) is 11.4. The predicted molar refractivity (Wildman–Crippen MR) is 56.1 cm³/mol. The van der Waals surface area contributed by atoms with E-state index in [-0.39, 0.29) is 5.57 Å². The SMILES string of the molecule is C=C/C(=C\C(N)=C(/C)CC)C(C)(F)F. The number of halogens is 2. The zero-order valence-corrected chi connectivity index (χ0v) is 8.90. The monoisotopic (exact) mass is 201 g/mol. The molecule has 0 aliphatic heterocycles. The highest BCUT2D eigenvalue weighted by molar-refractivity contribution is 5.33. The third-order valence-corrected chi connectivity index (χ3v) is 2.06. The Labute approximate surface area is 84.0 Å². The van der Waals surface area contributed by atoms with Gasteiger partial charge in [0.25, 0.3) is 5.92 Å². The van der Waals surface area contributed by atoms with Gasteiger partial charge in [-0.1, -0.05) is 25.2 Å². The van der Waals surface area contributed by atoms with E-state index >= 15 is 0 Å². The lowest BCUT2D eigenvalue weighted by Gasteiger charge is -2.12. The molecule has 0 amide bonds. The van der Waals surface area contributed by atoms with E-state index in [1.165, 1.54) is 6.08 Å². The molecule has 0 rings (SSSR count). The lowest BCUT2D eigenvalue weighted by Crippen LogP contribution is -2.13. The maximum atomic E-state index is 12.9. The summed E-state index contributed by atoms with van der Waals surface area (Å²) >= 11 is 0. The van der Waals surface area contributed by atoms with Crippen LogP contribution in [0, 0.1) is 0 Å². The van der Waals surface area contributed by atoms with Crippen LogP contribution in [0.25, 0.3) is 0 Å². The van der Waals surface area contributed by atoms with Gasteiger partial charge in [-0.05, 0) is 19.4 Å². The molecule has 0 aliphatic carbocycles. The minimum absolute atomic E-state index is 0.150. The smallest absolute Gasteiger partial charge is 0.270 e. The van der Waals surface area contributed by atoms with Gasteiger partial charge < -0.3 is 5.73 Å². The van der Waals surface area contributed by atoms with Crippen molar-refractivity contribution in [3.63, 3.8) is 0 Å². The molecule has 0 aromatic heterocycles. The van der Waals surface area contributed by atoms with Crippen LogP contribution in [0.4, 0.5) is 8.78 Å². The quantitative estimate of drug-likeness (QED) is 0.693. The van der Waals surface area contributed by atoms with Gasteiger partial charge in [-0.25, -0.2) is 8.78 Å². The van der Waals surface area contributed by atoms with Crippen LogP contribution in [-0.2, 0) is 0 Å². The van der Waals surface area contributed by atoms with Gasteiger partial charge in [-0.3, -0.25) is 0 Å². The average Bonchev–Trinajstić information content (AvgIpc) is 2.10. The lowest BCUT2D eigenvalue weighted by atomic mass is 10.1. The van der Waals surface area contributed by atoms with E-state index in [1.807, 2.05) is 13.8 Å². The van der Waals surface area contributed by atoms with Crippen molar-refractivity contribution in [3.05, 3.63) is 35.6 Å². The van der Waals surface area contributed by atoms with Crippen molar-refractivity contribution in [2.75, 3.05) is 0 Å². The second-order valence-corrected chi connectivity index (χ2v) is 3.28. The molecule has 0 saturated carbocycles. The Hall–Kier alpha value is -1.12. The molecule has 0 aliphatic rings. The minimum atomic E-state index is -2.89. The lowest BCUT2D eigenvalue weighted by molar-refractivity contribution is 0.0675. The topological polar surface area (TPSA) is 26.0 Å². The molecule has 0 aromatic carbocycles. The fraction of sp³-hybridized carbons (Fsp3) is 0.455. The first-order valence-electron chi connectivity index (χ1n) is 4.50. The summed E-state index contributed by atoms with van der Waals surface area (Å²) in [5.41, 5.74) is 6.76. The van der Waals surface area contributed by atoms with Crippen LogP contribution in [0.2, 0.25) is 0 Å². The summed E-state index contributed by atoms with van der Waals surface area (Å²) < 4.78 is 25.8. The van der Waals surface area contributed by atoms with Gasteiger partial charge in [0.15, 0.2) is 0 Å². The molecule has 1 nitrogen and oxygen atoms in total. The number of alkyl halides is 2. The molecule has 0 saturated heterocycles. The van der Waals surface area contributed by atoms with Crippen molar-refractivity contribution in [1.82, 2.24) is 0 Å². The molecule has 14 heavy (non-hydrogen) atoms. The molecule has 80 valence electrons. The Bertz CT molecular complexity index is 270. The number of allylic oxidation sites excluding steroid dienone is 4. The van der Waals surface area contributed by atoms with Crippen molar-refractivity contribution < 1.29 is 8.78 Å². The van der Waals surface area contributed by atoms with Gasteiger partial charge in [-0.2, -0.15) is 0 Å². The van der Waals surface area contributed by atoms with Gasteiger partial charge in [0.1, 0.15) is 0 Å². The third kappa shape index (κ3) is 3.73. The molecule has 3 heteroatoms. The van der Waals surface area contributed by atoms with Gasteiger partial charge in [-0.15, -0.1) is 0 Å². The van der Waals surface area contributed by atoms with Crippen LogP contribution in [0.3, 0.4) is 0 Å². The molecule has 0 heterocycles. The summed E-state index contributed by atoms with van der Waals surface area (Å²) in [7, 11) is 0. The Balaban J connectivity index is 5.06. The van der Waals surface area contributed by atoms with Crippen LogP contribution in [0.15, 0.2) is 35.6 Å². The Morgan fingerprint density at radius 3 is 2.29 bits per heavy atom. The first kappa shape index (κ1) is 12.9. The molecule has 0 radical (unpaired) electrons. The van der Waals surface area contributed by atoms with Crippen LogP contribution >= 0.6 is 0 Å². The summed E-state index contributed by atoms with van der Waals surface area (Å²) in [6.45, 7) is 7.91. The van der Waals surface area contributed by atoms with Gasteiger partial charge >= 0.3 is 0 Å². The van der Waals surface area contributed by atoms with Crippen molar-refractivity contribution in [1.29, 1.82) is 0 Å². The fourth-order valence-electron chi connectivity index (χ4n) is 0.860. The van der Waals surface area contributed by atoms with E-state index in [2.05, 4.69) is 6.58 Å². The molecule has 2 N–H and O–H groups in total. The molecule has 0 bridgehead atoms. The Morgan fingerprint density at radius 1 is 1.50 bits per heavy atom. The van der Waals surface area contributed by atoms with E-state index < -0.39 is 5.92 Å². The maximum Gasteiger partial charge on any atom is 0.270 e. The van der Waals surface area contributed by atoms with E-state index in [0.717, 1.165) is 25.0 Å². The molecular formula is C11H17F2N. The second-order valence-electron chi connectivity index (χ2n) is 3.28. The fourth-order valence-corrected chi connectivity index (χ4v) is 0.860. The van der Waals surface area contributed by atoms with Crippen molar-refractivity contribution in [2.45, 2.75) is 33.1 Å². The van der Waals surface area contributed by atoms with Crippen LogP contribution in [0.5, 0.6) is 0 Å². The normalized spacial score (nSPS) is 15.1. The molecule has 0 unspecified atom stereocenters. The Morgan fingerprint density at radius 2 is 2.00 bits per heavy atom. The molecule has 0 spiro atoms. The number of rotatable bonds is 4. The largest absolute Gasteiger partial charge is 0.399 e. The van der Waals surface area contributed by atoms with Gasteiger partial charge in [0, 0.05) is 18.2 Å². The minimum Gasteiger partial charge on any atom is -0.399 e. The summed E-state index contributed by atoms with van der Waals surface area (Å²) in [5, 5.41) is 0. The molecular weight excluding hydrogens is 184 g/mol. The number of hydrogen-bond acceptors (Lipinski definition) is 1. The van der Waals surface area contributed by atoms with Crippen LogP contribution in [-0.4, -0.2) is 5.92 Å².